The minimum absolute atomic E-state index is 0.0140. The lowest BCUT2D eigenvalue weighted by atomic mass is 10.1. The molecule has 9 heteroatoms. The minimum atomic E-state index is -0.887. The molecule has 154 valence electrons. The van der Waals surface area contributed by atoms with Crippen LogP contribution in [0.4, 0.5) is 17.5 Å². The van der Waals surface area contributed by atoms with Crippen molar-refractivity contribution in [1.29, 1.82) is 0 Å². The molecule has 2 aromatic carbocycles. The highest BCUT2D eigenvalue weighted by atomic mass is 16.5. The largest absolute Gasteiger partial charge is 0.480 e. The second-order valence-electron chi connectivity index (χ2n) is 6.53. The van der Waals surface area contributed by atoms with Crippen LogP contribution >= 0.6 is 0 Å². The zero-order valence-electron chi connectivity index (χ0n) is 16.5. The molecule has 6 N–H and O–H groups in total. The van der Waals surface area contributed by atoms with Gasteiger partial charge < -0.3 is 26.8 Å². The van der Waals surface area contributed by atoms with Gasteiger partial charge in [-0.05, 0) is 30.2 Å². The number of hydrogen-bond donors (Lipinski definition) is 4. The summed E-state index contributed by atoms with van der Waals surface area (Å²) in [6, 6.07) is 15.5. The van der Waals surface area contributed by atoms with Gasteiger partial charge in [0.2, 0.25) is 17.7 Å². The van der Waals surface area contributed by atoms with E-state index in [0.717, 1.165) is 5.56 Å². The lowest BCUT2D eigenvalue weighted by Gasteiger charge is -2.18. The number of methoxy groups -OCH3 is 1. The van der Waals surface area contributed by atoms with Gasteiger partial charge in [-0.1, -0.05) is 42.5 Å². The summed E-state index contributed by atoms with van der Waals surface area (Å²) in [4.78, 5) is 32.6. The molecule has 0 aliphatic carbocycles. The highest BCUT2D eigenvalue weighted by Gasteiger charge is 2.24. The van der Waals surface area contributed by atoms with Crippen LogP contribution < -0.4 is 26.8 Å². The number of benzene rings is 2. The topological polar surface area (TPSA) is 145 Å². The summed E-state index contributed by atoms with van der Waals surface area (Å²) < 4.78 is 5.25. The molecule has 3 aromatic rings. The zero-order chi connectivity index (χ0) is 21.7. The molecule has 9 nitrogen and oxygen atoms in total. The highest BCUT2D eigenvalue weighted by molar-refractivity contribution is 6.00. The molecule has 30 heavy (non-hydrogen) atoms. The number of nitrogens with two attached hydrogens (primary N) is 2. The number of aromatic nitrogens is 2. The number of rotatable bonds is 8. The van der Waals surface area contributed by atoms with E-state index in [2.05, 4.69) is 20.6 Å². The SMILES string of the molecule is COc1nc(N[C@@H](C(N)=O)c2ccccc2)nc(Nc2cccc(C)c2)c1C(N)=O. The van der Waals surface area contributed by atoms with Crippen LogP contribution in [0.3, 0.4) is 0 Å². The van der Waals surface area contributed by atoms with Gasteiger partial charge in [0.15, 0.2) is 5.82 Å². The van der Waals surface area contributed by atoms with Crippen LogP contribution in [0.2, 0.25) is 0 Å². The maximum absolute atomic E-state index is 12.0. The van der Waals surface area contributed by atoms with E-state index in [9.17, 15) is 9.59 Å². The van der Waals surface area contributed by atoms with Crippen molar-refractivity contribution in [3.8, 4) is 5.88 Å². The van der Waals surface area contributed by atoms with Gasteiger partial charge >= 0.3 is 0 Å². The Morgan fingerprint density at radius 2 is 1.77 bits per heavy atom. The van der Waals surface area contributed by atoms with Crippen LogP contribution in [0.1, 0.15) is 27.5 Å². The Kier molecular flexibility index (Phi) is 6.11. The first-order valence-electron chi connectivity index (χ1n) is 9.09. The van der Waals surface area contributed by atoms with E-state index in [-0.39, 0.29) is 23.2 Å². The molecule has 0 saturated heterocycles. The lowest BCUT2D eigenvalue weighted by Crippen LogP contribution is -2.29. The van der Waals surface area contributed by atoms with Crippen molar-refractivity contribution in [1.82, 2.24) is 9.97 Å². The molecule has 0 fully saturated rings. The van der Waals surface area contributed by atoms with E-state index in [1.54, 1.807) is 24.3 Å². The third-order valence-corrected chi connectivity index (χ3v) is 4.29. The molecular formula is C21H22N6O3. The minimum Gasteiger partial charge on any atom is -0.480 e. The van der Waals surface area contributed by atoms with Gasteiger partial charge in [0.1, 0.15) is 11.6 Å². The fourth-order valence-electron chi connectivity index (χ4n) is 2.92. The molecule has 2 amide bonds. The van der Waals surface area contributed by atoms with Crippen LogP contribution in [0.25, 0.3) is 0 Å². The Bertz CT molecular complexity index is 1070. The zero-order valence-corrected chi connectivity index (χ0v) is 16.5. The lowest BCUT2D eigenvalue weighted by molar-refractivity contribution is -0.118. The van der Waals surface area contributed by atoms with Gasteiger partial charge in [-0.2, -0.15) is 9.97 Å². The second kappa shape index (κ2) is 8.91. The Morgan fingerprint density at radius 1 is 1.03 bits per heavy atom. The molecule has 0 saturated carbocycles. The van der Waals surface area contributed by atoms with Gasteiger partial charge in [-0.3, -0.25) is 9.59 Å². The second-order valence-corrected chi connectivity index (χ2v) is 6.53. The van der Waals surface area contributed by atoms with Crippen molar-refractivity contribution in [2.24, 2.45) is 11.5 Å². The normalized spacial score (nSPS) is 11.4. The number of hydrogen-bond acceptors (Lipinski definition) is 7. The highest BCUT2D eigenvalue weighted by Crippen LogP contribution is 2.29. The predicted octanol–water partition coefficient (Wildman–Crippen LogP) is 2.27. The molecule has 1 heterocycles. The fraction of sp³-hybridized carbons (Fsp3) is 0.143. The van der Waals surface area contributed by atoms with Crippen LogP contribution in [0.5, 0.6) is 5.88 Å². The number of nitrogens with one attached hydrogen (secondary N) is 2. The molecule has 0 aliphatic rings. The Hall–Kier alpha value is -4.14. The van der Waals surface area contributed by atoms with Crippen molar-refractivity contribution in [3.63, 3.8) is 0 Å². The summed E-state index contributed by atoms with van der Waals surface area (Å²) >= 11 is 0. The maximum Gasteiger partial charge on any atom is 0.258 e. The molecule has 0 bridgehead atoms. The number of anilines is 3. The molecule has 0 spiro atoms. The van der Waals surface area contributed by atoms with Gasteiger partial charge in [-0.15, -0.1) is 0 Å². The molecule has 0 unspecified atom stereocenters. The number of primary amides is 2. The molecule has 1 atom stereocenters. The third-order valence-electron chi connectivity index (χ3n) is 4.29. The predicted molar refractivity (Wildman–Crippen MR) is 114 cm³/mol. The first-order chi connectivity index (χ1) is 14.4. The number of carbonyl (C=O) groups excluding carboxylic acids is 2. The summed E-state index contributed by atoms with van der Waals surface area (Å²) in [5.41, 5.74) is 13.4. The van der Waals surface area contributed by atoms with E-state index in [4.69, 9.17) is 16.2 Å². The summed E-state index contributed by atoms with van der Waals surface area (Å²) in [7, 11) is 1.36. The molecule has 0 aliphatic heterocycles. The van der Waals surface area contributed by atoms with Gasteiger partial charge in [0, 0.05) is 5.69 Å². The van der Waals surface area contributed by atoms with Gasteiger partial charge in [0.05, 0.1) is 7.11 Å². The van der Waals surface area contributed by atoms with E-state index >= 15 is 0 Å². The van der Waals surface area contributed by atoms with E-state index in [1.165, 1.54) is 7.11 Å². The van der Waals surface area contributed by atoms with E-state index in [0.29, 0.717) is 11.3 Å². The van der Waals surface area contributed by atoms with Crippen LogP contribution in [0, 0.1) is 6.92 Å². The summed E-state index contributed by atoms with van der Waals surface area (Å²) in [6.07, 6.45) is 0. The van der Waals surface area contributed by atoms with Crippen molar-refractivity contribution >= 4 is 29.3 Å². The Labute approximate surface area is 173 Å². The molecular weight excluding hydrogens is 384 g/mol. The average Bonchev–Trinajstić information content (AvgIpc) is 2.71. The average molecular weight is 406 g/mol. The molecule has 3 rings (SSSR count). The summed E-state index contributed by atoms with van der Waals surface area (Å²) in [6.45, 7) is 1.94. The van der Waals surface area contributed by atoms with Crippen LogP contribution in [-0.4, -0.2) is 28.9 Å². The first-order valence-corrected chi connectivity index (χ1v) is 9.09. The van der Waals surface area contributed by atoms with Crippen molar-refractivity contribution in [2.75, 3.05) is 17.7 Å². The Balaban J connectivity index is 2.04. The number of carbonyl (C=O) groups is 2. The Morgan fingerprint density at radius 3 is 2.37 bits per heavy atom. The summed E-state index contributed by atoms with van der Waals surface area (Å²) in [5.74, 6) is -1.23. The number of ether oxygens (including phenoxy) is 1. The van der Waals surface area contributed by atoms with Crippen LogP contribution in [-0.2, 0) is 4.79 Å². The fourth-order valence-corrected chi connectivity index (χ4v) is 2.92. The number of aryl methyl sites for hydroxylation is 1. The quantitative estimate of drug-likeness (QED) is 0.449. The van der Waals surface area contributed by atoms with Gasteiger partial charge in [0.25, 0.3) is 5.91 Å². The number of nitrogens with zero attached hydrogens (tertiary/aromatic N) is 2. The van der Waals surface area contributed by atoms with Gasteiger partial charge in [-0.25, -0.2) is 0 Å². The van der Waals surface area contributed by atoms with Crippen molar-refractivity contribution in [2.45, 2.75) is 13.0 Å². The monoisotopic (exact) mass is 406 g/mol. The number of amides is 2. The van der Waals surface area contributed by atoms with Crippen LogP contribution in [0.15, 0.2) is 54.6 Å². The maximum atomic E-state index is 12.0. The van der Waals surface area contributed by atoms with Crippen molar-refractivity contribution in [3.05, 3.63) is 71.3 Å². The summed E-state index contributed by atoms with van der Waals surface area (Å²) in [5, 5.41) is 5.97. The van der Waals surface area contributed by atoms with E-state index in [1.807, 2.05) is 37.3 Å². The third kappa shape index (κ3) is 4.64. The molecule has 1 aromatic heterocycles. The van der Waals surface area contributed by atoms with Crippen molar-refractivity contribution < 1.29 is 14.3 Å². The smallest absolute Gasteiger partial charge is 0.258 e. The first kappa shape index (κ1) is 20.6. The van der Waals surface area contributed by atoms with E-state index < -0.39 is 17.9 Å². The molecule has 0 radical (unpaired) electrons. The standard InChI is InChI=1S/C21H22N6O3/c1-12-7-6-10-14(11-12)24-19-15(17(22)28)20(30-2)27-21(26-19)25-16(18(23)29)13-8-4-3-5-9-13/h3-11,16H,1-2H3,(H2,22,28)(H2,23,29)(H2,24,25,26,27)/t16-/m1/s1.